The molecule has 0 unspecified atom stereocenters. The van der Waals surface area contributed by atoms with Crippen molar-refractivity contribution in [2.24, 2.45) is 7.05 Å². The van der Waals surface area contributed by atoms with Crippen LogP contribution in [0.4, 0.5) is 0 Å². The van der Waals surface area contributed by atoms with Gasteiger partial charge in [0.1, 0.15) is 8.07 Å². The van der Waals surface area contributed by atoms with E-state index in [1.54, 1.807) is 12.1 Å². The normalized spacial score (nSPS) is 13.5. The summed E-state index contributed by atoms with van der Waals surface area (Å²) in [6.45, 7) is 6.36. The molecule has 0 saturated carbocycles. The number of nitrogens with one attached hydrogen (secondary N) is 1. The predicted octanol–water partition coefficient (Wildman–Crippen LogP) is 3.51. The van der Waals surface area contributed by atoms with Gasteiger partial charge in [-0.15, -0.1) is 0 Å². The first-order chi connectivity index (χ1) is 12.7. The molecule has 142 valence electrons. The number of hydrogen-bond acceptors (Lipinski definition) is 2. The molecule has 0 spiro atoms. The highest BCUT2D eigenvalue weighted by Gasteiger charge is 2.39. The lowest BCUT2D eigenvalue weighted by molar-refractivity contribution is 0.574. The van der Waals surface area contributed by atoms with E-state index in [1.807, 2.05) is 67.2 Å². The highest BCUT2D eigenvalue weighted by Crippen LogP contribution is 2.27. The Kier molecular flexibility index (Phi) is 5.42. The molecule has 2 aromatic carbocycles. The summed E-state index contributed by atoms with van der Waals surface area (Å²) in [5, 5.41) is 1.21. The van der Waals surface area contributed by atoms with Crippen molar-refractivity contribution in [2.45, 2.75) is 30.6 Å². The predicted molar refractivity (Wildman–Crippen MR) is 113 cm³/mol. The molecule has 4 nitrogen and oxygen atoms in total. The fraction of sp³-hybridized carbons (Fsp3) is 0.238. The van der Waals surface area contributed by atoms with Crippen molar-refractivity contribution in [3.8, 4) is 0 Å². The average Bonchev–Trinajstić information content (AvgIpc) is 3.06. The van der Waals surface area contributed by atoms with Crippen LogP contribution in [0, 0.1) is 6.92 Å². The van der Waals surface area contributed by atoms with Gasteiger partial charge in [-0.2, -0.15) is 0 Å². The van der Waals surface area contributed by atoms with E-state index >= 15 is 0 Å². The summed E-state index contributed by atoms with van der Waals surface area (Å²) >= 11 is 0. The maximum Gasteiger partial charge on any atom is 0.240 e. The Morgan fingerprint density at radius 3 is 2.11 bits per heavy atom. The summed E-state index contributed by atoms with van der Waals surface area (Å²) in [6.07, 6.45) is 1.96. The molecular weight excluding hydrogens is 372 g/mol. The highest BCUT2D eigenvalue weighted by molar-refractivity contribution is 7.89. The molecule has 3 rings (SSSR count). The van der Waals surface area contributed by atoms with E-state index in [2.05, 4.69) is 29.9 Å². The minimum absolute atomic E-state index is 0.286. The van der Waals surface area contributed by atoms with Gasteiger partial charge < -0.3 is 4.57 Å². The summed E-state index contributed by atoms with van der Waals surface area (Å²) in [5.41, 5.74) is 1.73. The molecule has 1 heterocycles. The number of benzene rings is 2. The molecule has 0 aliphatic heterocycles. The first-order valence-corrected chi connectivity index (χ1v) is 13.5. The summed E-state index contributed by atoms with van der Waals surface area (Å²) in [4.78, 5) is 0.296. The van der Waals surface area contributed by atoms with Gasteiger partial charge in [-0.05, 0) is 31.2 Å². The van der Waals surface area contributed by atoms with Crippen LogP contribution in [-0.4, -0.2) is 21.1 Å². The quantitative estimate of drug-likeness (QED) is 0.646. The maximum absolute atomic E-state index is 13.1. The largest absolute Gasteiger partial charge is 0.353 e. The van der Waals surface area contributed by atoms with Crippen LogP contribution in [0.15, 0.2) is 77.8 Å². The Hall–Kier alpha value is -2.15. The van der Waals surface area contributed by atoms with E-state index in [0.29, 0.717) is 4.90 Å². The van der Waals surface area contributed by atoms with Crippen molar-refractivity contribution < 1.29 is 8.42 Å². The highest BCUT2D eigenvalue weighted by atomic mass is 32.2. The van der Waals surface area contributed by atoms with Crippen LogP contribution >= 0.6 is 0 Å². The second-order valence-corrected chi connectivity index (χ2v) is 13.8. The SMILES string of the molecule is Cc1ccc(S(=O)(=O)N[C@@H](c2cccn2C)[Si](C)(C)c2ccccc2)cc1. The van der Waals surface area contributed by atoms with Crippen molar-refractivity contribution >= 4 is 23.3 Å². The molecule has 1 N–H and O–H groups in total. The van der Waals surface area contributed by atoms with Crippen LogP contribution < -0.4 is 9.91 Å². The number of hydrogen-bond donors (Lipinski definition) is 1. The van der Waals surface area contributed by atoms with Crippen molar-refractivity contribution in [1.82, 2.24) is 9.29 Å². The minimum atomic E-state index is -3.64. The summed E-state index contributed by atoms with van der Waals surface area (Å²) in [5.74, 6) is 0. The second kappa shape index (κ2) is 7.46. The van der Waals surface area contributed by atoms with E-state index < -0.39 is 18.1 Å². The molecule has 27 heavy (non-hydrogen) atoms. The van der Waals surface area contributed by atoms with E-state index in [1.165, 1.54) is 5.19 Å². The van der Waals surface area contributed by atoms with Gasteiger partial charge in [0, 0.05) is 18.9 Å². The molecule has 0 aliphatic carbocycles. The lowest BCUT2D eigenvalue weighted by atomic mass is 10.2. The Morgan fingerprint density at radius 2 is 1.56 bits per heavy atom. The van der Waals surface area contributed by atoms with Crippen molar-refractivity contribution in [1.29, 1.82) is 0 Å². The van der Waals surface area contributed by atoms with Crippen LogP contribution in [0.2, 0.25) is 13.1 Å². The summed E-state index contributed by atoms with van der Waals surface area (Å²) in [7, 11) is -3.89. The van der Waals surface area contributed by atoms with Crippen LogP contribution in [0.5, 0.6) is 0 Å². The first-order valence-electron chi connectivity index (χ1n) is 8.97. The molecule has 1 aromatic heterocycles. The smallest absolute Gasteiger partial charge is 0.240 e. The number of sulfonamides is 1. The maximum atomic E-state index is 13.1. The standard InChI is InChI=1S/C21H26N2O2SSi/c1-17-12-14-18(15-13-17)26(24,25)22-21(20-11-8-16-23(20)2)27(3,4)19-9-6-5-7-10-19/h5-16,21-22H,1-4H3/t21-/m1/s1. The molecule has 0 amide bonds. The Morgan fingerprint density at radius 1 is 0.926 bits per heavy atom. The van der Waals surface area contributed by atoms with Crippen LogP contribution in [0.25, 0.3) is 0 Å². The Balaban J connectivity index is 2.06. The van der Waals surface area contributed by atoms with Gasteiger partial charge in [-0.3, -0.25) is 0 Å². The zero-order valence-corrected chi connectivity index (χ0v) is 18.0. The Labute approximate surface area is 162 Å². The monoisotopic (exact) mass is 398 g/mol. The zero-order valence-electron chi connectivity index (χ0n) is 16.2. The van der Waals surface area contributed by atoms with Gasteiger partial charge in [0.05, 0.1) is 10.6 Å². The zero-order chi connectivity index (χ0) is 19.7. The summed E-state index contributed by atoms with van der Waals surface area (Å²) in [6, 6.07) is 21.1. The molecule has 6 heteroatoms. The molecule has 0 fully saturated rings. The third-order valence-corrected chi connectivity index (χ3v) is 10.5. The molecule has 3 aromatic rings. The molecule has 1 atom stereocenters. The molecule has 0 radical (unpaired) electrons. The summed E-state index contributed by atoms with van der Waals surface area (Å²) < 4.78 is 31.3. The fourth-order valence-corrected chi connectivity index (χ4v) is 8.46. The molecule has 0 bridgehead atoms. The van der Waals surface area contributed by atoms with Gasteiger partial charge in [-0.25, -0.2) is 13.1 Å². The third kappa shape index (κ3) is 4.08. The van der Waals surface area contributed by atoms with E-state index in [9.17, 15) is 8.42 Å². The number of nitrogens with zero attached hydrogens (tertiary/aromatic N) is 1. The van der Waals surface area contributed by atoms with Crippen molar-refractivity contribution in [2.75, 3.05) is 0 Å². The topological polar surface area (TPSA) is 51.1 Å². The lowest BCUT2D eigenvalue weighted by Gasteiger charge is -2.34. The molecular formula is C21H26N2O2SSi. The average molecular weight is 399 g/mol. The Bertz CT molecular complexity index is 1010. The lowest BCUT2D eigenvalue weighted by Crippen LogP contribution is -2.54. The third-order valence-electron chi connectivity index (χ3n) is 5.12. The van der Waals surface area contributed by atoms with E-state index in [0.717, 1.165) is 11.3 Å². The number of aromatic nitrogens is 1. The first kappa shape index (κ1) is 19.6. The molecule has 0 saturated heterocycles. The van der Waals surface area contributed by atoms with Gasteiger partial charge in [0.2, 0.25) is 10.0 Å². The van der Waals surface area contributed by atoms with Gasteiger partial charge in [0.25, 0.3) is 0 Å². The van der Waals surface area contributed by atoms with Crippen LogP contribution in [0.3, 0.4) is 0 Å². The molecule has 0 aliphatic rings. The van der Waals surface area contributed by atoms with Gasteiger partial charge in [-0.1, -0.05) is 66.3 Å². The van der Waals surface area contributed by atoms with Crippen molar-refractivity contribution in [3.63, 3.8) is 0 Å². The second-order valence-electron chi connectivity index (χ2n) is 7.50. The number of aryl methyl sites for hydroxylation is 2. The van der Waals surface area contributed by atoms with Crippen molar-refractivity contribution in [3.05, 3.63) is 84.2 Å². The van der Waals surface area contributed by atoms with E-state index in [4.69, 9.17) is 0 Å². The van der Waals surface area contributed by atoms with Crippen LogP contribution in [-0.2, 0) is 17.1 Å². The minimum Gasteiger partial charge on any atom is -0.353 e. The van der Waals surface area contributed by atoms with Gasteiger partial charge in [0.15, 0.2) is 0 Å². The fourth-order valence-electron chi connectivity index (χ4n) is 3.33. The van der Waals surface area contributed by atoms with Crippen LogP contribution in [0.1, 0.15) is 16.9 Å². The van der Waals surface area contributed by atoms with E-state index in [-0.39, 0.29) is 5.67 Å². The van der Waals surface area contributed by atoms with Gasteiger partial charge >= 0.3 is 0 Å². The number of rotatable bonds is 6.